The fourth-order valence-electron chi connectivity index (χ4n) is 2.82. The number of methoxy groups -OCH3 is 2. The molecule has 0 radical (unpaired) electrons. The molecule has 7 nitrogen and oxygen atoms in total. The van der Waals surface area contributed by atoms with Gasteiger partial charge in [-0.25, -0.2) is 4.68 Å². The average Bonchev–Trinajstić information content (AvgIpc) is 3.01. The van der Waals surface area contributed by atoms with Gasteiger partial charge in [-0.05, 0) is 36.8 Å². The predicted octanol–water partition coefficient (Wildman–Crippen LogP) is 3.49. The minimum absolute atomic E-state index is 0.0943. The molecule has 146 valence electrons. The summed E-state index contributed by atoms with van der Waals surface area (Å²) in [5.41, 5.74) is 2.29. The van der Waals surface area contributed by atoms with Crippen LogP contribution >= 0.6 is 11.6 Å². The number of hydrogen-bond donors (Lipinski definition) is 2. The van der Waals surface area contributed by atoms with Crippen molar-refractivity contribution in [2.45, 2.75) is 13.5 Å². The molecule has 0 aliphatic rings. The number of nitrogens with one attached hydrogen (secondary N) is 1. The zero-order valence-corrected chi connectivity index (χ0v) is 16.4. The van der Waals surface area contributed by atoms with Gasteiger partial charge in [-0.1, -0.05) is 29.8 Å². The third kappa shape index (κ3) is 3.75. The lowest BCUT2D eigenvalue weighted by Gasteiger charge is -2.12. The number of rotatable bonds is 6. The molecule has 0 bridgehead atoms. The normalized spacial score (nSPS) is 10.6. The Morgan fingerprint density at radius 3 is 2.36 bits per heavy atom. The maximum Gasteiger partial charge on any atom is 0.256 e. The van der Waals surface area contributed by atoms with Gasteiger partial charge in [0, 0.05) is 6.54 Å². The van der Waals surface area contributed by atoms with E-state index in [1.165, 1.54) is 18.9 Å². The largest absolute Gasteiger partial charge is 0.502 e. The summed E-state index contributed by atoms with van der Waals surface area (Å²) in [6.07, 6.45) is 0. The Hall–Kier alpha value is -3.19. The number of halogens is 1. The summed E-state index contributed by atoms with van der Waals surface area (Å²) < 4.78 is 11.8. The molecule has 28 heavy (non-hydrogen) atoms. The number of phenolic OH excluding ortho intramolecular Hbond substituents is 1. The first kappa shape index (κ1) is 19.6. The third-order valence-corrected chi connectivity index (χ3v) is 4.57. The van der Waals surface area contributed by atoms with Gasteiger partial charge >= 0.3 is 0 Å². The summed E-state index contributed by atoms with van der Waals surface area (Å²) in [5, 5.41) is 17.4. The summed E-state index contributed by atoms with van der Waals surface area (Å²) in [6.45, 7) is 1.92. The van der Waals surface area contributed by atoms with Gasteiger partial charge in [-0.3, -0.25) is 4.79 Å². The second kappa shape index (κ2) is 8.22. The molecule has 3 rings (SSSR count). The quantitative estimate of drug-likeness (QED) is 0.660. The zero-order chi connectivity index (χ0) is 20.3. The standard InChI is InChI=1S/C20H20ClN3O4/c1-12-17(19(21)24(23-12)14-7-5-4-6-8-14)20(26)22-11-13-9-15(27-2)18(25)16(10-13)28-3/h4-10,25H,11H2,1-3H3,(H,22,26). The highest BCUT2D eigenvalue weighted by Gasteiger charge is 2.21. The van der Waals surface area contributed by atoms with Crippen LogP contribution in [-0.2, 0) is 6.54 Å². The number of carbonyl (C=O) groups excluding carboxylic acids is 1. The summed E-state index contributed by atoms with van der Waals surface area (Å²) in [6, 6.07) is 12.6. The van der Waals surface area contributed by atoms with Crippen molar-refractivity contribution in [3.05, 3.63) is 64.4 Å². The Balaban J connectivity index is 1.82. The van der Waals surface area contributed by atoms with Crippen molar-refractivity contribution in [2.24, 2.45) is 0 Å². The fourth-order valence-corrected chi connectivity index (χ4v) is 3.18. The first-order chi connectivity index (χ1) is 13.5. The van der Waals surface area contributed by atoms with E-state index in [0.717, 1.165) is 5.69 Å². The number of ether oxygens (including phenoxy) is 2. The highest BCUT2D eigenvalue weighted by atomic mass is 35.5. The number of aromatic hydroxyl groups is 1. The number of aryl methyl sites for hydroxylation is 1. The molecule has 0 fully saturated rings. The maximum atomic E-state index is 12.7. The highest BCUT2D eigenvalue weighted by Crippen LogP contribution is 2.37. The van der Waals surface area contributed by atoms with Crippen LogP contribution in [0.1, 0.15) is 21.6 Å². The molecule has 0 spiro atoms. The van der Waals surface area contributed by atoms with Crippen LogP contribution in [0.2, 0.25) is 5.15 Å². The zero-order valence-electron chi connectivity index (χ0n) is 15.7. The molecule has 1 aromatic heterocycles. The molecule has 8 heteroatoms. The molecule has 2 aromatic carbocycles. The van der Waals surface area contributed by atoms with Crippen LogP contribution in [0.5, 0.6) is 17.2 Å². The number of aromatic nitrogens is 2. The first-order valence-electron chi connectivity index (χ1n) is 8.48. The van der Waals surface area contributed by atoms with E-state index in [1.807, 2.05) is 30.3 Å². The van der Waals surface area contributed by atoms with E-state index in [1.54, 1.807) is 19.1 Å². The Labute approximate surface area is 167 Å². The monoisotopic (exact) mass is 401 g/mol. The SMILES string of the molecule is COc1cc(CNC(=O)c2c(C)nn(-c3ccccc3)c2Cl)cc(OC)c1O. The Morgan fingerprint density at radius 1 is 1.18 bits per heavy atom. The summed E-state index contributed by atoms with van der Waals surface area (Å²) >= 11 is 6.42. The van der Waals surface area contributed by atoms with Gasteiger partial charge in [-0.15, -0.1) is 0 Å². The van der Waals surface area contributed by atoms with E-state index in [4.69, 9.17) is 21.1 Å². The maximum absolute atomic E-state index is 12.7. The van der Waals surface area contributed by atoms with Crippen LogP contribution in [0.25, 0.3) is 5.69 Å². The molecule has 0 unspecified atom stereocenters. The van der Waals surface area contributed by atoms with Crippen LogP contribution in [0.4, 0.5) is 0 Å². The summed E-state index contributed by atoms with van der Waals surface area (Å²) in [4.78, 5) is 12.7. The number of benzene rings is 2. The van der Waals surface area contributed by atoms with Gasteiger partial charge in [0.15, 0.2) is 11.5 Å². The van der Waals surface area contributed by atoms with Gasteiger partial charge in [-0.2, -0.15) is 5.10 Å². The van der Waals surface area contributed by atoms with Gasteiger partial charge < -0.3 is 19.9 Å². The van der Waals surface area contributed by atoms with E-state index in [0.29, 0.717) is 16.8 Å². The lowest BCUT2D eigenvalue weighted by atomic mass is 10.1. The smallest absolute Gasteiger partial charge is 0.256 e. The van der Waals surface area contributed by atoms with E-state index in [-0.39, 0.29) is 34.9 Å². The lowest BCUT2D eigenvalue weighted by molar-refractivity contribution is 0.0950. The molecule has 1 heterocycles. The van der Waals surface area contributed by atoms with Crippen molar-refractivity contribution in [2.75, 3.05) is 14.2 Å². The minimum Gasteiger partial charge on any atom is -0.502 e. The molecule has 0 atom stereocenters. The number of carbonyl (C=O) groups is 1. The molecular formula is C20H20ClN3O4. The molecule has 1 amide bonds. The second-order valence-corrected chi connectivity index (χ2v) is 6.39. The number of phenols is 1. The van der Waals surface area contributed by atoms with Crippen LogP contribution < -0.4 is 14.8 Å². The predicted molar refractivity (Wildman–Crippen MR) is 106 cm³/mol. The van der Waals surface area contributed by atoms with Crippen molar-refractivity contribution < 1.29 is 19.4 Å². The van der Waals surface area contributed by atoms with Gasteiger partial charge in [0.25, 0.3) is 5.91 Å². The third-order valence-electron chi connectivity index (χ3n) is 4.22. The van der Waals surface area contributed by atoms with Crippen molar-refractivity contribution in [3.63, 3.8) is 0 Å². The Morgan fingerprint density at radius 2 is 1.79 bits per heavy atom. The van der Waals surface area contributed by atoms with Crippen LogP contribution in [0.3, 0.4) is 0 Å². The molecule has 3 aromatic rings. The molecule has 0 aliphatic carbocycles. The van der Waals surface area contributed by atoms with Crippen LogP contribution in [0.15, 0.2) is 42.5 Å². The van der Waals surface area contributed by atoms with Crippen LogP contribution in [-0.4, -0.2) is 35.0 Å². The van der Waals surface area contributed by atoms with Gasteiger partial charge in [0.2, 0.25) is 5.75 Å². The van der Waals surface area contributed by atoms with Gasteiger partial charge in [0.05, 0.1) is 31.2 Å². The number of para-hydroxylation sites is 1. The average molecular weight is 402 g/mol. The van der Waals surface area contributed by atoms with E-state index in [2.05, 4.69) is 10.4 Å². The number of hydrogen-bond acceptors (Lipinski definition) is 5. The van der Waals surface area contributed by atoms with Crippen LogP contribution in [0, 0.1) is 6.92 Å². The molecule has 0 saturated carbocycles. The summed E-state index contributed by atoms with van der Waals surface area (Å²) in [5.74, 6) is 0.0724. The molecule has 2 N–H and O–H groups in total. The molecular weight excluding hydrogens is 382 g/mol. The Kier molecular flexibility index (Phi) is 5.75. The van der Waals surface area contributed by atoms with E-state index >= 15 is 0 Å². The van der Waals surface area contributed by atoms with Crippen molar-refractivity contribution >= 4 is 17.5 Å². The van der Waals surface area contributed by atoms with E-state index < -0.39 is 0 Å². The Bertz CT molecular complexity index is 977. The fraction of sp³-hybridized carbons (Fsp3) is 0.200. The molecule has 0 saturated heterocycles. The van der Waals surface area contributed by atoms with Crippen molar-refractivity contribution in [1.82, 2.24) is 15.1 Å². The van der Waals surface area contributed by atoms with Crippen molar-refractivity contribution in [1.29, 1.82) is 0 Å². The lowest BCUT2D eigenvalue weighted by Crippen LogP contribution is -2.23. The van der Waals surface area contributed by atoms with Gasteiger partial charge in [0.1, 0.15) is 5.15 Å². The van der Waals surface area contributed by atoms with Crippen molar-refractivity contribution in [3.8, 4) is 22.9 Å². The second-order valence-electron chi connectivity index (χ2n) is 6.03. The first-order valence-corrected chi connectivity index (χ1v) is 8.86. The van der Waals surface area contributed by atoms with E-state index in [9.17, 15) is 9.90 Å². The minimum atomic E-state index is -0.351. The summed E-state index contributed by atoms with van der Waals surface area (Å²) in [7, 11) is 2.88. The topological polar surface area (TPSA) is 85.6 Å². The number of amides is 1. The highest BCUT2D eigenvalue weighted by molar-refractivity contribution is 6.33. The number of nitrogens with zero attached hydrogens (tertiary/aromatic N) is 2. The molecule has 0 aliphatic heterocycles.